The fraction of sp³-hybridized carbons (Fsp3) is 0.111. The standard InChI is InChI=1S/C18H16N2O3/c1-12-7-3-5-9-15(12)20-16(18(21)22)11-14(19-20)13-8-4-6-10-17(13)23-2/h3-11H,1-2H3,(H,21,22). The minimum absolute atomic E-state index is 0.111. The number of carboxylic acids is 1. The van der Waals surface area contributed by atoms with Crippen LogP contribution in [0.25, 0.3) is 16.9 Å². The molecule has 5 heteroatoms. The van der Waals surface area contributed by atoms with Crippen LogP contribution in [0.3, 0.4) is 0 Å². The van der Waals surface area contributed by atoms with E-state index in [4.69, 9.17) is 4.74 Å². The second-order valence-electron chi connectivity index (χ2n) is 5.12. The zero-order chi connectivity index (χ0) is 16.4. The van der Waals surface area contributed by atoms with E-state index >= 15 is 0 Å². The van der Waals surface area contributed by atoms with Crippen LogP contribution in [0.4, 0.5) is 0 Å². The molecule has 0 unspecified atom stereocenters. The van der Waals surface area contributed by atoms with Crippen molar-refractivity contribution in [2.75, 3.05) is 7.11 Å². The predicted molar refractivity (Wildman–Crippen MR) is 87.2 cm³/mol. The summed E-state index contributed by atoms with van der Waals surface area (Å²) < 4.78 is 6.80. The minimum Gasteiger partial charge on any atom is -0.496 e. The van der Waals surface area contributed by atoms with Crippen LogP contribution in [0, 0.1) is 6.92 Å². The molecule has 1 aromatic heterocycles. The van der Waals surface area contributed by atoms with Crippen LogP contribution in [0.15, 0.2) is 54.6 Å². The number of aryl methyl sites for hydroxylation is 1. The van der Waals surface area contributed by atoms with E-state index in [1.807, 2.05) is 55.5 Å². The third-order valence-electron chi connectivity index (χ3n) is 3.66. The van der Waals surface area contributed by atoms with Crippen LogP contribution in [0.5, 0.6) is 5.75 Å². The Bertz CT molecular complexity index is 868. The highest BCUT2D eigenvalue weighted by Crippen LogP contribution is 2.30. The molecule has 3 aromatic rings. The lowest BCUT2D eigenvalue weighted by Crippen LogP contribution is -2.08. The summed E-state index contributed by atoms with van der Waals surface area (Å²) in [4.78, 5) is 11.6. The number of hydrogen-bond donors (Lipinski definition) is 1. The molecular weight excluding hydrogens is 292 g/mol. The first-order chi connectivity index (χ1) is 11.1. The average Bonchev–Trinajstić information content (AvgIpc) is 3.00. The third-order valence-corrected chi connectivity index (χ3v) is 3.66. The van der Waals surface area contributed by atoms with Gasteiger partial charge in [0.2, 0.25) is 0 Å². The number of aromatic nitrogens is 2. The van der Waals surface area contributed by atoms with Crippen LogP contribution in [-0.2, 0) is 0 Å². The van der Waals surface area contributed by atoms with Crippen LogP contribution in [0.2, 0.25) is 0 Å². The smallest absolute Gasteiger partial charge is 0.354 e. The van der Waals surface area contributed by atoms with Gasteiger partial charge in [-0.05, 0) is 36.8 Å². The van der Waals surface area contributed by atoms with Crippen LogP contribution in [-0.4, -0.2) is 28.0 Å². The van der Waals surface area contributed by atoms with Gasteiger partial charge in [0.15, 0.2) is 5.69 Å². The molecule has 0 aliphatic rings. The second kappa shape index (κ2) is 5.96. The van der Waals surface area contributed by atoms with E-state index in [-0.39, 0.29) is 5.69 Å². The maximum Gasteiger partial charge on any atom is 0.354 e. The van der Waals surface area contributed by atoms with Crippen molar-refractivity contribution in [1.82, 2.24) is 9.78 Å². The number of rotatable bonds is 4. The summed E-state index contributed by atoms with van der Waals surface area (Å²) in [6, 6.07) is 16.5. The lowest BCUT2D eigenvalue weighted by Gasteiger charge is -2.08. The zero-order valence-corrected chi connectivity index (χ0v) is 12.9. The van der Waals surface area contributed by atoms with Gasteiger partial charge in [-0.3, -0.25) is 0 Å². The quantitative estimate of drug-likeness (QED) is 0.800. The first kappa shape index (κ1) is 14.8. The summed E-state index contributed by atoms with van der Waals surface area (Å²) in [5, 5.41) is 14.0. The first-order valence-corrected chi connectivity index (χ1v) is 7.14. The van der Waals surface area contributed by atoms with Crippen molar-refractivity contribution in [3.05, 3.63) is 65.9 Å². The molecule has 116 valence electrons. The van der Waals surface area contributed by atoms with Crippen molar-refractivity contribution < 1.29 is 14.6 Å². The van der Waals surface area contributed by atoms with Gasteiger partial charge in [0.1, 0.15) is 5.75 Å². The van der Waals surface area contributed by atoms with E-state index in [0.29, 0.717) is 11.4 Å². The van der Waals surface area contributed by atoms with Gasteiger partial charge in [-0.2, -0.15) is 5.10 Å². The number of para-hydroxylation sites is 2. The van der Waals surface area contributed by atoms with E-state index < -0.39 is 5.97 Å². The number of nitrogens with zero attached hydrogens (tertiary/aromatic N) is 2. The Labute approximate surface area is 133 Å². The fourth-order valence-electron chi connectivity index (χ4n) is 2.51. The van der Waals surface area contributed by atoms with Gasteiger partial charge < -0.3 is 9.84 Å². The molecule has 1 heterocycles. The molecule has 0 saturated carbocycles. The molecule has 0 radical (unpaired) electrons. The van der Waals surface area contributed by atoms with Gasteiger partial charge in [-0.1, -0.05) is 30.3 Å². The molecule has 5 nitrogen and oxygen atoms in total. The number of carbonyl (C=O) groups is 1. The van der Waals surface area contributed by atoms with Crippen molar-refractivity contribution in [3.8, 4) is 22.7 Å². The molecule has 0 aliphatic heterocycles. The molecule has 0 bridgehead atoms. The Hall–Kier alpha value is -3.08. The molecule has 3 rings (SSSR count). The highest BCUT2D eigenvalue weighted by atomic mass is 16.5. The molecule has 2 aromatic carbocycles. The van der Waals surface area contributed by atoms with Crippen molar-refractivity contribution in [2.45, 2.75) is 6.92 Å². The molecule has 0 amide bonds. The summed E-state index contributed by atoms with van der Waals surface area (Å²) >= 11 is 0. The summed E-state index contributed by atoms with van der Waals surface area (Å²) in [6.45, 7) is 1.92. The monoisotopic (exact) mass is 308 g/mol. The molecule has 0 spiro atoms. The number of ether oxygens (including phenoxy) is 1. The average molecular weight is 308 g/mol. The first-order valence-electron chi connectivity index (χ1n) is 7.14. The molecule has 0 fully saturated rings. The molecule has 1 N–H and O–H groups in total. The third kappa shape index (κ3) is 2.68. The Morgan fingerprint density at radius 3 is 2.52 bits per heavy atom. The SMILES string of the molecule is COc1ccccc1-c1cc(C(=O)O)n(-c2ccccc2C)n1. The van der Waals surface area contributed by atoms with Crippen molar-refractivity contribution in [3.63, 3.8) is 0 Å². The largest absolute Gasteiger partial charge is 0.496 e. The van der Waals surface area contributed by atoms with Gasteiger partial charge in [-0.15, -0.1) is 0 Å². The fourth-order valence-corrected chi connectivity index (χ4v) is 2.51. The predicted octanol–water partition coefficient (Wildman–Crippen LogP) is 3.55. The molecular formula is C18H16N2O3. The van der Waals surface area contributed by atoms with Gasteiger partial charge >= 0.3 is 5.97 Å². The summed E-state index contributed by atoms with van der Waals surface area (Å²) in [6.07, 6.45) is 0. The summed E-state index contributed by atoms with van der Waals surface area (Å²) in [5.41, 5.74) is 3.11. The van der Waals surface area contributed by atoms with Gasteiger partial charge in [0.05, 0.1) is 18.5 Å². The van der Waals surface area contributed by atoms with Crippen molar-refractivity contribution in [1.29, 1.82) is 0 Å². The Morgan fingerprint density at radius 1 is 1.13 bits per heavy atom. The number of benzene rings is 2. The lowest BCUT2D eigenvalue weighted by atomic mass is 10.1. The summed E-state index contributed by atoms with van der Waals surface area (Å²) in [5.74, 6) is -0.374. The Kier molecular flexibility index (Phi) is 3.85. The number of carboxylic acid groups (broad SMARTS) is 1. The highest BCUT2D eigenvalue weighted by molar-refractivity contribution is 5.88. The molecule has 0 aliphatic carbocycles. The van der Waals surface area contributed by atoms with E-state index in [2.05, 4.69) is 5.10 Å². The summed E-state index contributed by atoms with van der Waals surface area (Å²) in [7, 11) is 1.58. The minimum atomic E-state index is -1.03. The van der Waals surface area contributed by atoms with Crippen molar-refractivity contribution >= 4 is 5.97 Å². The lowest BCUT2D eigenvalue weighted by molar-refractivity contribution is 0.0687. The normalized spacial score (nSPS) is 10.5. The molecule has 0 saturated heterocycles. The van der Waals surface area contributed by atoms with Crippen LogP contribution >= 0.6 is 0 Å². The van der Waals surface area contributed by atoms with Crippen LogP contribution in [0.1, 0.15) is 16.1 Å². The van der Waals surface area contributed by atoms with Crippen LogP contribution < -0.4 is 4.74 Å². The topological polar surface area (TPSA) is 64.3 Å². The van der Waals surface area contributed by atoms with Gasteiger partial charge in [0, 0.05) is 5.56 Å². The van der Waals surface area contributed by atoms with Gasteiger partial charge in [-0.25, -0.2) is 9.48 Å². The maximum atomic E-state index is 11.6. The Morgan fingerprint density at radius 2 is 1.83 bits per heavy atom. The molecule has 23 heavy (non-hydrogen) atoms. The molecule has 0 atom stereocenters. The Balaban J connectivity index is 2.21. The van der Waals surface area contributed by atoms with E-state index in [0.717, 1.165) is 16.8 Å². The van der Waals surface area contributed by atoms with E-state index in [1.54, 1.807) is 13.2 Å². The van der Waals surface area contributed by atoms with Crippen molar-refractivity contribution in [2.24, 2.45) is 0 Å². The highest BCUT2D eigenvalue weighted by Gasteiger charge is 2.19. The zero-order valence-electron chi connectivity index (χ0n) is 12.9. The number of aromatic carboxylic acids is 1. The number of methoxy groups -OCH3 is 1. The number of hydrogen-bond acceptors (Lipinski definition) is 3. The van der Waals surface area contributed by atoms with E-state index in [1.165, 1.54) is 4.68 Å². The second-order valence-corrected chi connectivity index (χ2v) is 5.12. The van der Waals surface area contributed by atoms with E-state index in [9.17, 15) is 9.90 Å². The van der Waals surface area contributed by atoms with Gasteiger partial charge in [0.25, 0.3) is 0 Å². The maximum absolute atomic E-state index is 11.6.